The van der Waals surface area contributed by atoms with Crippen LogP contribution in [0.25, 0.3) is 0 Å². The number of methoxy groups -OCH3 is 1. The van der Waals surface area contributed by atoms with Crippen LogP contribution >= 0.6 is 0 Å². The van der Waals surface area contributed by atoms with E-state index in [0.29, 0.717) is 0 Å². The monoisotopic (exact) mass is 234 g/mol. The molecule has 92 valence electrons. The number of hydrazine groups is 1. The van der Waals surface area contributed by atoms with E-state index in [1.165, 1.54) is 0 Å². The summed E-state index contributed by atoms with van der Waals surface area (Å²) in [6, 6.07) is 7.69. The predicted octanol–water partition coefficient (Wildman–Crippen LogP) is 1.50. The standard InChI is InChI=1S/C13H18N2O2/c1-17-11-7-3-2-6-10(11)13(12(16)15-14)8-4-5-9-13/h2-3,6-7H,4-5,8-9,14H2,1H3,(H,15,16). The van der Waals surface area contributed by atoms with Gasteiger partial charge in [-0.05, 0) is 18.9 Å². The minimum Gasteiger partial charge on any atom is -0.496 e. The summed E-state index contributed by atoms with van der Waals surface area (Å²) in [7, 11) is 1.63. The van der Waals surface area contributed by atoms with Crippen LogP contribution < -0.4 is 16.0 Å². The van der Waals surface area contributed by atoms with Crippen molar-refractivity contribution in [1.82, 2.24) is 5.43 Å². The molecule has 4 heteroatoms. The molecule has 0 aromatic heterocycles. The molecule has 3 N–H and O–H groups in total. The van der Waals surface area contributed by atoms with Crippen molar-refractivity contribution >= 4 is 5.91 Å². The first-order chi connectivity index (χ1) is 8.24. The Kier molecular flexibility index (Phi) is 3.33. The molecule has 0 spiro atoms. The molecule has 0 unspecified atom stereocenters. The Bertz CT molecular complexity index is 412. The van der Waals surface area contributed by atoms with Crippen molar-refractivity contribution in [2.24, 2.45) is 5.84 Å². The molecule has 0 atom stereocenters. The van der Waals surface area contributed by atoms with Crippen LogP contribution in [0.2, 0.25) is 0 Å². The second-order valence-electron chi connectivity index (χ2n) is 4.46. The maximum absolute atomic E-state index is 12.1. The van der Waals surface area contributed by atoms with Crippen LogP contribution in [0.15, 0.2) is 24.3 Å². The van der Waals surface area contributed by atoms with Crippen LogP contribution in [-0.2, 0) is 10.2 Å². The number of benzene rings is 1. The molecule has 1 fully saturated rings. The van der Waals surface area contributed by atoms with E-state index in [9.17, 15) is 4.79 Å². The molecule has 1 amide bonds. The lowest BCUT2D eigenvalue weighted by Crippen LogP contribution is -2.45. The van der Waals surface area contributed by atoms with Gasteiger partial charge in [-0.1, -0.05) is 31.0 Å². The molecular weight excluding hydrogens is 216 g/mol. The molecule has 1 aliphatic carbocycles. The number of rotatable bonds is 3. The van der Waals surface area contributed by atoms with Crippen LogP contribution in [0.1, 0.15) is 31.2 Å². The van der Waals surface area contributed by atoms with E-state index < -0.39 is 5.41 Å². The van der Waals surface area contributed by atoms with Gasteiger partial charge in [0.25, 0.3) is 0 Å². The molecule has 1 aliphatic rings. The number of carbonyl (C=O) groups excluding carboxylic acids is 1. The number of carbonyl (C=O) groups is 1. The molecule has 4 nitrogen and oxygen atoms in total. The first kappa shape index (κ1) is 11.9. The van der Waals surface area contributed by atoms with E-state index in [-0.39, 0.29) is 5.91 Å². The Labute approximate surface area is 101 Å². The summed E-state index contributed by atoms with van der Waals surface area (Å²) in [5.74, 6) is 5.98. The van der Waals surface area contributed by atoms with Crippen molar-refractivity contribution in [2.75, 3.05) is 7.11 Å². The number of para-hydroxylation sites is 1. The average Bonchev–Trinajstić information content (AvgIpc) is 2.88. The summed E-state index contributed by atoms with van der Waals surface area (Å²) in [6.45, 7) is 0. The zero-order valence-corrected chi connectivity index (χ0v) is 10.0. The molecule has 2 rings (SSSR count). The molecule has 0 heterocycles. The van der Waals surface area contributed by atoms with E-state index >= 15 is 0 Å². The molecule has 0 aliphatic heterocycles. The Hall–Kier alpha value is -1.55. The highest BCUT2D eigenvalue weighted by Crippen LogP contribution is 2.44. The highest BCUT2D eigenvalue weighted by molar-refractivity contribution is 5.89. The highest BCUT2D eigenvalue weighted by Gasteiger charge is 2.44. The van der Waals surface area contributed by atoms with Crippen molar-refractivity contribution < 1.29 is 9.53 Å². The van der Waals surface area contributed by atoms with Gasteiger partial charge in [0.2, 0.25) is 5.91 Å². The third-order valence-electron chi connectivity index (χ3n) is 3.65. The van der Waals surface area contributed by atoms with Gasteiger partial charge in [0.05, 0.1) is 12.5 Å². The van der Waals surface area contributed by atoms with Gasteiger partial charge < -0.3 is 4.74 Å². The number of nitrogens with two attached hydrogens (primary N) is 1. The highest BCUT2D eigenvalue weighted by atomic mass is 16.5. The van der Waals surface area contributed by atoms with Gasteiger partial charge in [0.15, 0.2) is 0 Å². The maximum Gasteiger partial charge on any atom is 0.244 e. The summed E-state index contributed by atoms with van der Waals surface area (Å²) >= 11 is 0. The smallest absolute Gasteiger partial charge is 0.244 e. The summed E-state index contributed by atoms with van der Waals surface area (Å²) in [6.07, 6.45) is 3.75. The van der Waals surface area contributed by atoms with Crippen molar-refractivity contribution in [3.63, 3.8) is 0 Å². The Morgan fingerprint density at radius 1 is 1.35 bits per heavy atom. The second-order valence-corrected chi connectivity index (χ2v) is 4.46. The number of ether oxygens (including phenoxy) is 1. The van der Waals surface area contributed by atoms with Crippen LogP contribution in [-0.4, -0.2) is 13.0 Å². The third-order valence-corrected chi connectivity index (χ3v) is 3.65. The van der Waals surface area contributed by atoms with E-state index in [0.717, 1.165) is 37.0 Å². The minimum absolute atomic E-state index is 0.112. The first-order valence-electron chi connectivity index (χ1n) is 5.89. The molecule has 0 radical (unpaired) electrons. The van der Waals surface area contributed by atoms with Gasteiger partial charge in [-0.3, -0.25) is 10.2 Å². The number of hydrogen-bond acceptors (Lipinski definition) is 3. The van der Waals surface area contributed by atoms with Crippen molar-refractivity contribution in [3.8, 4) is 5.75 Å². The lowest BCUT2D eigenvalue weighted by atomic mass is 9.77. The van der Waals surface area contributed by atoms with Crippen molar-refractivity contribution in [3.05, 3.63) is 29.8 Å². The first-order valence-corrected chi connectivity index (χ1v) is 5.89. The van der Waals surface area contributed by atoms with Crippen LogP contribution in [0.5, 0.6) is 5.75 Å². The molecule has 17 heavy (non-hydrogen) atoms. The SMILES string of the molecule is COc1ccccc1C1(C(=O)NN)CCCC1. The van der Waals surface area contributed by atoms with Gasteiger partial charge in [-0.2, -0.15) is 0 Å². The number of nitrogens with one attached hydrogen (secondary N) is 1. The van der Waals surface area contributed by atoms with Crippen LogP contribution in [0.4, 0.5) is 0 Å². The van der Waals surface area contributed by atoms with Crippen molar-refractivity contribution in [2.45, 2.75) is 31.1 Å². The number of hydrogen-bond donors (Lipinski definition) is 2. The zero-order valence-electron chi connectivity index (χ0n) is 10.0. The van der Waals surface area contributed by atoms with E-state index in [1.54, 1.807) is 7.11 Å². The fourth-order valence-electron chi connectivity index (χ4n) is 2.78. The van der Waals surface area contributed by atoms with E-state index in [1.807, 2.05) is 24.3 Å². The molecular formula is C13H18N2O2. The fourth-order valence-corrected chi connectivity index (χ4v) is 2.78. The lowest BCUT2D eigenvalue weighted by molar-refractivity contribution is -0.126. The average molecular weight is 234 g/mol. The normalized spacial score (nSPS) is 17.8. The Morgan fingerprint density at radius 2 is 2.00 bits per heavy atom. The van der Waals surface area contributed by atoms with Gasteiger partial charge in [0, 0.05) is 5.56 Å². The predicted molar refractivity (Wildman–Crippen MR) is 65.5 cm³/mol. The van der Waals surface area contributed by atoms with Gasteiger partial charge >= 0.3 is 0 Å². The quantitative estimate of drug-likeness (QED) is 0.473. The summed E-state index contributed by atoms with van der Waals surface area (Å²) in [5.41, 5.74) is 2.74. The van der Waals surface area contributed by atoms with Gasteiger partial charge in [-0.15, -0.1) is 0 Å². The van der Waals surface area contributed by atoms with Crippen LogP contribution in [0.3, 0.4) is 0 Å². The largest absolute Gasteiger partial charge is 0.496 e. The van der Waals surface area contributed by atoms with E-state index in [4.69, 9.17) is 10.6 Å². The molecule has 0 bridgehead atoms. The third kappa shape index (κ3) is 1.89. The molecule has 1 saturated carbocycles. The van der Waals surface area contributed by atoms with E-state index in [2.05, 4.69) is 5.43 Å². The van der Waals surface area contributed by atoms with Crippen LogP contribution in [0, 0.1) is 0 Å². The zero-order chi connectivity index (χ0) is 12.3. The second kappa shape index (κ2) is 4.75. The minimum atomic E-state index is -0.513. The Morgan fingerprint density at radius 3 is 2.59 bits per heavy atom. The maximum atomic E-state index is 12.1. The summed E-state index contributed by atoms with van der Waals surface area (Å²) in [5, 5.41) is 0. The molecule has 1 aromatic carbocycles. The fraction of sp³-hybridized carbons (Fsp3) is 0.462. The lowest BCUT2D eigenvalue weighted by Gasteiger charge is -2.28. The summed E-state index contributed by atoms with van der Waals surface area (Å²) < 4.78 is 5.36. The Balaban J connectivity index is 2.49. The van der Waals surface area contributed by atoms with Gasteiger partial charge in [-0.25, -0.2) is 5.84 Å². The molecule has 0 saturated heterocycles. The number of amides is 1. The topological polar surface area (TPSA) is 64.3 Å². The van der Waals surface area contributed by atoms with Gasteiger partial charge in [0.1, 0.15) is 5.75 Å². The summed E-state index contributed by atoms with van der Waals surface area (Å²) in [4.78, 5) is 12.1. The molecule has 1 aromatic rings. The van der Waals surface area contributed by atoms with Crippen molar-refractivity contribution in [1.29, 1.82) is 0 Å².